The Bertz CT molecular complexity index is 828. The summed E-state index contributed by atoms with van der Waals surface area (Å²) in [4.78, 5) is 35.9. The summed E-state index contributed by atoms with van der Waals surface area (Å²) in [6.07, 6.45) is -0.230. The summed E-state index contributed by atoms with van der Waals surface area (Å²) in [5, 5.41) is 2.38. The lowest BCUT2D eigenvalue weighted by Crippen LogP contribution is -2.39. The van der Waals surface area contributed by atoms with Gasteiger partial charge in [-0.05, 0) is 23.1 Å². The van der Waals surface area contributed by atoms with E-state index in [4.69, 9.17) is 4.74 Å². The number of sulfonamides is 1. The molecule has 0 heterocycles. The minimum Gasteiger partial charge on any atom is -0.456 e. The molecule has 29 heavy (non-hydrogen) atoms. The van der Waals surface area contributed by atoms with Crippen molar-refractivity contribution in [3.05, 3.63) is 29.8 Å². The number of nitrogens with one attached hydrogen (secondary N) is 2. The molecule has 9 nitrogen and oxygen atoms in total. The van der Waals surface area contributed by atoms with Gasteiger partial charge in [0.2, 0.25) is 15.9 Å². The van der Waals surface area contributed by atoms with E-state index in [-0.39, 0.29) is 35.7 Å². The zero-order chi connectivity index (χ0) is 22.2. The summed E-state index contributed by atoms with van der Waals surface area (Å²) in [6.45, 7) is 5.25. The highest BCUT2D eigenvalue weighted by atomic mass is 32.2. The smallest absolute Gasteiger partial charge is 0.307 e. The van der Waals surface area contributed by atoms with Gasteiger partial charge < -0.3 is 15.0 Å². The number of likely N-dealkylation sites (N-methyl/N-ethyl adjacent to an activating group) is 2. The number of nitrogens with zero attached hydrogens (tertiary/aromatic N) is 1. The van der Waals surface area contributed by atoms with E-state index in [9.17, 15) is 22.8 Å². The molecule has 0 atom stereocenters. The molecule has 0 saturated carbocycles. The van der Waals surface area contributed by atoms with Crippen molar-refractivity contribution in [3.63, 3.8) is 0 Å². The Hall–Kier alpha value is -2.46. The van der Waals surface area contributed by atoms with E-state index in [0.717, 1.165) is 10.5 Å². The lowest BCUT2D eigenvalue weighted by atomic mass is 9.87. The highest BCUT2D eigenvalue weighted by Gasteiger charge is 2.18. The molecular formula is C19H29N3O6S. The van der Waals surface area contributed by atoms with Crippen molar-refractivity contribution in [2.75, 3.05) is 33.8 Å². The van der Waals surface area contributed by atoms with Crippen LogP contribution in [0.15, 0.2) is 29.2 Å². The third-order valence-corrected chi connectivity index (χ3v) is 5.57. The Balaban J connectivity index is 2.46. The Morgan fingerprint density at radius 1 is 1.10 bits per heavy atom. The zero-order valence-corrected chi connectivity index (χ0v) is 18.3. The van der Waals surface area contributed by atoms with Crippen molar-refractivity contribution in [2.45, 2.75) is 37.5 Å². The van der Waals surface area contributed by atoms with E-state index in [1.165, 1.54) is 26.2 Å². The second kappa shape index (κ2) is 10.4. The number of carbonyl (C=O) groups excluding carboxylic acids is 3. The van der Waals surface area contributed by atoms with Gasteiger partial charge in [0.25, 0.3) is 5.91 Å². The van der Waals surface area contributed by atoms with E-state index in [1.807, 2.05) is 20.8 Å². The van der Waals surface area contributed by atoms with Crippen molar-refractivity contribution in [1.29, 1.82) is 0 Å². The van der Waals surface area contributed by atoms with Gasteiger partial charge in [-0.25, -0.2) is 13.1 Å². The number of rotatable bonds is 9. The minimum absolute atomic E-state index is 0.0919. The average molecular weight is 428 g/mol. The van der Waals surface area contributed by atoms with Gasteiger partial charge in [0.05, 0.1) is 17.9 Å². The Labute approximate surface area is 171 Å². The second-order valence-corrected chi connectivity index (χ2v) is 9.27. The maximum Gasteiger partial charge on any atom is 0.307 e. The average Bonchev–Trinajstić information content (AvgIpc) is 2.65. The van der Waals surface area contributed by atoms with Gasteiger partial charge in [-0.1, -0.05) is 32.9 Å². The fourth-order valence-electron chi connectivity index (χ4n) is 2.21. The molecular weight excluding hydrogens is 398 g/mol. The van der Waals surface area contributed by atoms with Crippen molar-refractivity contribution >= 4 is 27.8 Å². The topological polar surface area (TPSA) is 122 Å². The molecule has 0 aliphatic rings. The van der Waals surface area contributed by atoms with Crippen LogP contribution < -0.4 is 10.0 Å². The SMILES string of the molecule is CNC(=O)CN(C)C(=O)COC(=O)CCNS(=O)(=O)c1ccc(C(C)(C)C)cc1. The molecule has 0 saturated heterocycles. The normalized spacial score (nSPS) is 11.6. The fraction of sp³-hybridized carbons (Fsp3) is 0.526. The van der Waals surface area contributed by atoms with Crippen molar-refractivity contribution in [1.82, 2.24) is 14.9 Å². The summed E-state index contributed by atoms with van der Waals surface area (Å²) in [5.74, 6) is -1.61. The molecule has 0 aromatic heterocycles. The number of amides is 2. The van der Waals surface area contributed by atoms with E-state index in [1.54, 1.807) is 12.1 Å². The molecule has 2 N–H and O–H groups in total. The number of esters is 1. The first-order valence-electron chi connectivity index (χ1n) is 9.07. The van der Waals surface area contributed by atoms with Crippen LogP contribution in [0.4, 0.5) is 0 Å². The predicted octanol–water partition coefficient (Wildman–Crippen LogP) is 0.400. The van der Waals surface area contributed by atoms with Crippen LogP contribution >= 0.6 is 0 Å². The van der Waals surface area contributed by atoms with Crippen LogP contribution in [-0.2, 0) is 34.6 Å². The molecule has 0 spiro atoms. The Kier molecular flexibility index (Phi) is 8.78. The fourth-order valence-corrected chi connectivity index (χ4v) is 3.24. The van der Waals surface area contributed by atoms with E-state index in [0.29, 0.717) is 0 Å². The number of hydrogen-bond donors (Lipinski definition) is 2. The Morgan fingerprint density at radius 3 is 2.21 bits per heavy atom. The summed E-state index contributed by atoms with van der Waals surface area (Å²) in [5.41, 5.74) is 0.914. The summed E-state index contributed by atoms with van der Waals surface area (Å²) >= 11 is 0. The summed E-state index contributed by atoms with van der Waals surface area (Å²) in [7, 11) is -0.904. The second-order valence-electron chi connectivity index (χ2n) is 7.51. The summed E-state index contributed by atoms with van der Waals surface area (Å²) < 4.78 is 31.7. The third-order valence-electron chi connectivity index (χ3n) is 4.09. The van der Waals surface area contributed by atoms with Crippen molar-refractivity contribution < 1.29 is 27.5 Å². The molecule has 0 radical (unpaired) electrons. The lowest BCUT2D eigenvalue weighted by molar-refractivity contribution is -0.151. The monoisotopic (exact) mass is 427 g/mol. The third kappa shape index (κ3) is 8.20. The predicted molar refractivity (Wildman–Crippen MR) is 108 cm³/mol. The van der Waals surface area contributed by atoms with Crippen LogP contribution in [0.5, 0.6) is 0 Å². The van der Waals surface area contributed by atoms with Crippen LogP contribution in [0.25, 0.3) is 0 Å². The van der Waals surface area contributed by atoms with Gasteiger partial charge >= 0.3 is 5.97 Å². The number of hydrogen-bond acceptors (Lipinski definition) is 6. The van der Waals surface area contributed by atoms with Gasteiger partial charge in [-0.2, -0.15) is 0 Å². The van der Waals surface area contributed by atoms with Crippen LogP contribution in [-0.4, -0.2) is 64.9 Å². The molecule has 0 aliphatic carbocycles. The quantitative estimate of drug-likeness (QED) is 0.550. The van der Waals surface area contributed by atoms with Gasteiger partial charge in [-0.3, -0.25) is 14.4 Å². The highest BCUT2D eigenvalue weighted by molar-refractivity contribution is 7.89. The minimum atomic E-state index is -3.76. The molecule has 1 rings (SSSR count). The lowest BCUT2D eigenvalue weighted by Gasteiger charge is -2.19. The molecule has 0 unspecified atom stereocenters. The number of ether oxygens (including phenoxy) is 1. The molecule has 0 aliphatic heterocycles. The molecule has 0 fully saturated rings. The van der Waals surface area contributed by atoms with E-state index < -0.39 is 28.5 Å². The van der Waals surface area contributed by atoms with E-state index >= 15 is 0 Å². The first-order chi connectivity index (χ1) is 13.4. The standard InChI is InChI=1S/C19H29N3O6S/c1-19(2,3)14-6-8-15(9-7-14)29(26,27)21-11-10-18(25)28-13-17(24)22(5)12-16(23)20-4/h6-9,21H,10-13H2,1-5H3,(H,20,23). The Morgan fingerprint density at radius 2 is 1.69 bits per heavy atom. The summed E-state index contributed by atoms with van der Waals surface area (Å²) in [6, 6.07) is 6.54. The molecule has 10 heteroatoms. The maximum absolute atomic E-state index is 12.3. The van der Waals surface area contributed by atoms with Gasteiger partial charge in [0, 0.05) is 20.6 Å². The zero-order valence-electron chi connectivity index (χ0n) is 17.4. The number of carbonyl (C=O) groups is 3. The van der Waals surface area contributed by atoms with E-state index in [2.05, 4.69) is 10.0 Å². The first kappa shape index (κ1) is 24.6. The van der Waals surface area contributed by atoms with Crippen molar-refractivity contribution in [3.8, 4) is 0 Å². The van der Waals surface area contributed by atoms with Crippen molar-refractivity contribution in [2.24, 2.45) is 0 Å². The van der Waals surface area contributed by atoms with Gasteiger partial charge in [-0.15, -0.1) is 0 Å². The van der Waals surface area contributed by atoms with Gasteiger partial charge in [0.15, 0.2) is 6.61 Å². The van der Waals surface area contributed by atoms with Crippen LogP contribution in [0.1, 0.15) is 32.8 Å². The van der Waals surface area contributed by atoms with Gasteiger partial charge in [0.1, 0.15) is 0 Å². The maximum atomic E-state index is 12.3. The molecule has 0 bridgehead atoms. The van der Waals surface area contributed by atoms with Crippen LogP contribution in [0.2, 0.25) is 0 Å². The van der Waals surface area contributed by atoms with Crippen LogP contribution in [0.3, 0.4) is 0 Å². The molecule has 2 amide bonds. The van der Waals surface area contributed by atoms with Crippen LogP contribution in [0, 0.1) is 0 Å². The largest absolute Gasteiger partial charge is 0.456 e. The highest BCUT2D eigenvalue weighted by Crippen LogP contribution is 2.23. The number of benzene rings is 1. The molecule has 1 aromatic rings. The first-order valence-corrected chi connectivity index (χ1v) is 10.6. The molecule has 1 aromatic carbocycles. The molecule has 162 valence electrons.